The topological polar surface area (TPSA) is 41.6 Å². The van der Waals surface area contributed by atoms with E-state index in [2.05, 4.69) is 35.7 Å². The largest absolute Gasteiger partial charge is 0.342 e. The Kier molecular flexibility index (Phi) is 2.82. The predicted octanol–water partition coefficient (Wildman–Crippen LogP) is 4.06. The van der Waals surface area contributed by atoms with Crippen molar-refractivity contribution in [3.63, 3.8) is 0 Å². The van der Waals surface area contributed by atoms with E-state index in [-0.39, 0.29) is 11.2 Å². The van der Waals surface area contributed by atoms with Crippen molar-refractivity contribution in [3.05, 3.63) is 48.3 Å². The van der Waals surface area contributed by atoms with Gasteiger partial charge in [-0.15, -0.1) is 0 Å². The minimum Gasteiger partial charge on any atom is -0.342 e. The lowest BCUT2D eigenvalue weighted by Gasteiger charge is -2.14. The Bertz CT molecular complexity index is 769. The minimum atomic E-state index is -0.271. The fourth-order valence-corrected chi connectivity index (χ4v) is 2.20. The SMILES string of the molecule is CC(C)(C)c1ncc(-c2cc(F)cc3cccnc23)[nH]1. The third-order valence-corrected chi connectivity index (χ3v) is 3.25. The lowest BCUT2D eigenvalue weighted by Crippen LogP contribution is -2.13. The first-order valence-corrected chi connectivity index (χ1v) is 6.55. The van der Waals surface area contributed by atoms with Crippen LogP contribution in [0.5, 0.6) is 0 Å². The molecule has 4 heteroatoms. The lowest BCUT2D eigenvalue weighted by atomic mass is 9.96. The number of hydrogen-bond acceptors (Lipinski definition) is 2. The number of benzene rings is 1. The molecule has 0 aliphatic carbocycles. The smallest absolute Gasteiger partial charge is 0.124 e. The second-order valence-electron chi connectivity index (χ2n) is 5.92. The number of nitrogens with one attached hydrogen (secondary N) is 1. The summed E-state index contributed by atoms with van der Waals surface area (Å²) in [7, 11) is 0. The fourth-order valence-electron chi connectivity index (χ4n) is 2.20. The average Bonchev–Trinajstić information content (AvgIpc) is 2.87. The first-order valence-electron chi connectivity index (χ1n) is 6.55. The fraction of sp³-hybridized carbons (Fsp3) is 0.250. The van der Waals surface area contributed by atoms with E-state index in [1.165, 1.54) is 12.1 Å². The maximum Gasteiger partial charge on any atom is 0.124 e. The molecule has 0 radical (unpaired) electrons. The molecule has 0 spiro atoms. The van der Waals surface area contributed by atoms with E-state index in [9.17, 15) is 4.39 Å². The van der Waals surface area contributed by atoms with Gasteiger partial charge in [0.15, 0.2) is 0 Å². The molecule has 0 saturated heterocycles. The summed E-state index contributed by atoms with van der Waals surface area (Å²) >= 11 is 0. The quantitative estimate of drug-likeness (QED) is 0.723. The molecule has 0 aliphatic rings. The molecule has 1 N–H and O–H groups in total. The van der Waals surface area contributed by atoms with Crippen LogP contribution in [0.4, 0.5) is 4.39 Å². The number of H-pyrrole nitrogens is 1. The number of halogens is 1. The van der Waals surface area contributed by atoms with E-state index >= 15 is 0 Å². The number of pyridine rings is 1. The van der Waals surface area contributed by atoms with Gasteiger partial charge in [0.05, 0.1) is 17.4 Å². The summed E-state index contributed by atoms with van der Waals surface area (Å²) in [6.45, 7) is 6.24. The number of fused-ring (bicyclic) bond motifs is 1. The minimum absolute atomic E-state index is 0.0746. The molecular formula is C16H16FN3. The molecule has 0 atom stereocenters. The molecular weight excluding hydrogens is 253 g/mol. The molecule has 3 nitrogen and oxygen atoms in total. The number of hydrogen-bond donors (Lipinski definition) is 1. The number of nitrogens with zero attached hydrogens (tertiary/aromatic N) is 2. The third-order valence-electron chi connectivity index (χ3n) is 3.25. The molecule has 3 rings (SSSR count). The van der Waals surface area contributed by atoms with Gasteiger partial charge in [-0.2, -0.15) is 0 Å². The van der Waals surface area contributed by atoms with Gasteiger partial charge in [-0.25, -0.2) is 9.37 Å². The first-order chi connectivity index (χ1) is 9.45. The summed E-state index contributed by atoms with van der Waals surface area (Å²) in [6.07, 6.45) is 3.45. The van der Waals surface area contributed by atoms with Gasteiger partial charge in [0, 0.05) is 22.6 Å². The molecule has 102 valence electrons. The van der Waals surface area contributed by atoms with E-state index < -0.39 is 0 Å². The summed E-state index contributed by atoms with van der Waals surface area (Å²) in [4.78, 5) is 12.0. The van der Waals surface area contributed by atoms with Crippen LogP contribution >= 0.6 is 0 Å². The Balaban J connectivity index is 2.21. The van der Waals surface area contributed by atoms with Crippen LogP contribution in [0.2, 0.25) is 0 Å². The van der Waals surface area contributed by atoms with Crippen molar-refractivity contribution in [3.8, 4) is 11.3 Å². The predicted molar refractivity (Wildman–Crippen MR) is 78.0 cm³/mol. The van der Waals surface area contributed by atoms with Crippen LogP contribution in [-0.2, 0) is 5.41 Å². The van der Waals surface area contributed by atoms with Crippen molar-refractivity contribution in [2.75, 3.05) is 0 Å². The van der Waals surface area contributed by atoms with Crippen LogP contribution < -0.4 is 0 Å². The van der Waals surface area contributed by atoms with Crippen molar-refractivity contribution < 1.29 is 4.39 Å². The lowest BCUT2D eigenvalue weighted by molar-refractivity contribution is 0.553. The van der Waals surface area contributed by atoms with Gasteiger partial charge < -0.3 is 4.98 Å². The molecule has 0 unspecified atom stereocenters. The van der Waals surface area contributed by atoms with E-state index in [4.69, 9.17) is 0 Å². The van der Waals surface area contributed by atoms with Gasteiger partial charge in [-0.05, 0) is 18.2 Å². The zero-order valence-corrected chi connectivity index (χ0v) is 11.7. The standard InChI is InChI=1S/C16H16FN3/c1-16(2,3)15-19-9-13(20-15)12-8-11(17)7-10-5-4-6-18-14(10)12/h4-9H,1-3H3,(H,19,20). The molecule has 0 aliphatic heterocycles. The highest BCUT2D eigenvalue weighted by atomic mass is 19.1. The zero-order chi connectivity index (χ0) is 14.3. The Morgan fingerprint density at radius 1 is 1.15 bits per heavy atom. The second kappa shape index (κ2) is 4.40. The third kappa shape index (κ3) is 2.18. The van der Waals surface area contributed by atoms with E-state index in [0.717, 1.165) is 28.0 Å². The van der Waals surface area contributed by atoms with Crippen LogP contribution in [0.15, 0.2) is 36.7 Å². The van der Waals surface area contributed by atoms with E-state index in [1.807, 2.05) is 6.07 Å². The Hall–Kier alpha value is -2.23. The highest BCUT2D eigenvalue weighted by molar-refractivity contribution is 5.92. The second-order valence-corrected chi connectivity index (χ2v) is 5.92. The monoisotopic (exact) mass is 269 g/mol. The van der Waals surface area contributed by atoms with Crippen LogP contribution in [0.1, 0.15) is 26.6 Å². The molecule has 0 saturated carbocycles. The Morgan fingerprint density at radius 2 is 1.95 bits per heavy atom. The average molecular weight is 269 g/mol. The number of aromatic nitrogens is 3. The molecule has 2 heterocycles. The highest BCUT2D eigenvalue weighted by Gasteiger charge is 2.19. The van der Waals surface area contributed by atoms with Crippen molar-refractivity contribution in [1.82, 2.24) is 15.0 Å². The molecule has 0 fully saturated rings. The van der Waals surface area contributed by atoms with Gasteiger partial charge >= 0.3 is 0 Å². The number of imidazole rings is 1. The first kappa shape index (κ1) is 12.8. The molecule has 0 bridgehead atoms. The van der Waals surface area contributed by atoms with Gasteiger partial charge in [-0.1, -0.05) is 26.8 Å². The van der Waals surface area contributed by atoms with Gasteiger partial charge in [0.2, 0.25) is 0 Å². The summed E-state index contributed by atoms with van der Waals surface area (Å²) in [5.74, 6) is 0.605. The Labute approximate surface area is 116 Å². The summed E-state index contributed by atoms with van der Waals surface area (Å²) in [6, 6.07) is 6.65. The molecule has 20 heavy (non-hydrogen) atoms. The van der Waals surface area contributed by atoms with E-state index in [0.29, 0.717) is 0 Å². The molecule has 0 amide bonds. The van der Waals surface area contributed by atoms with Crippen LogP contribution in [0, 0.1) is 5.82 Å². The van der Waals surface area contributed by atoms with Crippen molar-refractivity contribution >= 4 is 10.9 Å². The van der Waals surface area contributed by atoms with Crippen molar-refractivity contribution in [2.45, 2.75) is 26.2 Å². The van der Waals surface area contributed by atoms with Crippen LogP contribution in [0.3, 0.4) is 0 Å². The normalized spacial score (nSPS) is 12.0. The zero-order valence-electron chi connectivity index (χ0n) is 11.7. The number of aromatic amines is 1. The van der Waals surface area contributed by atoms with Crippen molar-refractivity contribution in [2.24, 2.45) is 0 Å². The highest BCUT2D eigenvalue weighted by Crippen LogP contribution is 2.29. The van der Waals surface area contributed by atoms with Gasteiger partial charge in [0.1, 0.15) is 11.6 Å². The van der Waals surface area contributed by atoms with Gasteiger partial charge in [-0.3, -0.25) is 4.98 Å². The Morgan fingerprint density at radius 3 is 2.65 bits per heavy atom. The maximum absolute atomic E-state index is 13.8. The summed E-state index contributed by atoms with van der Waals surface area (Å²) in [5.41, 5.74) is 2.23. The summed E-state index contributed by atoms with van der Waals surface area (Å²) in [5, 5.41) is 0.786. The van der Waals surface area contributed by atoms with E-state index in [1.54, 1.807) is 18.5 Å². The summed E-state index contributed by atoms with van der Waals surface area (Å²) < 4.78 is 13.8. The molecule has 3 aromatic rings. The maximum atomic E-state index is 13.8. The van der Waals surface area contributed by atoms with Gasteiger partial charge in [0.25, 0.3) is 0 Å². The number of rotatable bonds is 1. The van der Waals surface area contributed by atoms with Crippen LogP contribution in [0.25, 0.3) is 22.2 Å². The van der Waals surface area contributed by atoms with Crippen LogP contribution in [-0.4, -0.2) is 15.0 Å². The molecule has 2 aromatic heterocycles. The van der Waals surface area contributed by atoms with Crippen molar-refractivity contribution in [1.29, 1.82) is 0 Å². The molecule has 1 aromatic carbocycles.